The van der Waals surface area contributed by atoms with Crippen LogP contribution in [0.2, 0.25) is 0 Å². The van der Waals surface area contributed by atoms with Gasteiger partial charge in [-0.2, -0.15) is 0 Å². The van der Waals surface area contributed by atoms with Crippen LogP contribution in [0.15, 0.2) is 0 Å². The number of phosphoric acid groups is 1. The first-order chi connectivity index (χ1) is 14.2. The van der Waals surface area contributed by atoms with Gasteiger partial charge in [0.2, 0.25) is 0 Å². The van der Waals surface area contributed by atoms with Crippen molar-refractivity contribution in [2.24, 2.45) is 0 Å². The topological polar surface area (TPSA) is 149 Å². The minimum absolute atomic E-state index is 0.178. The van der Waals surface area contributed by atoms with Gasteiger partial charge in [0.15, 0.2) is 6.10 Å². The van der Waals surface area contributed by atoms with Crippen LogP contribution >= 0.6 is 7.82 Å². The van der Waals surface area contributed by atoms with Crippen molar-refractivity contribution in [2.45, 2.75) is 83.8 Å². The van der Waals surface area contributed by atoms with Crippen molar-refractivity contribution in [3.05, 3.63) is 0 Å². The van der Waals surface area contributed by atoms with Crippen LogP contribution in [0.3, 0.4) is 0 Å². The van der Waals surface area contributed by atoms with Gasteiger partial charge >= 0.3 is 19.8 Å². The van der Waals surface area contributed by atoms with Crippen molar-refractivity contribution in [1.82, 2.24) is 0 Å². The molecule has 0 saturated carbocycles. The Morgan fingerprint density at radius 1 is 0.867 bits per heavy atom. The summed E-state index contributed by atoms with van der Waals surface area (Å²) in [6.07, 6.45) is 4.07. The maximum Gasteiger partial charge on any atom is 0.472 e. The lowest BCUT2D eigenvalue weighted by Gasteiger charge is -2.20. The molecule has 3 unspecified atom stereocenters. The SMILES string of the molecule is CCCCCCC(=O)OC(COC(=O)CCCCC)COP(=O)(O)OCC(O)CO. The summed E-state index contributed by atoms with van der Waals surface area (Å²) in [5, 5.41) is 17.9. The number of hydrogen-bond donors (Lipinski definition) is 3. The molecular weight excluding hydrogens is 419 g/mol. The van der Waals surface area contributed by atoms with Crippen molar-refractivity contribution in [3.63, 3.8) is 0 Å². The number of ether oxygens (including phenoxy) is 2. The van der Waals surface area contributed by atoms with Crippen LogP contribution in [0.1, 0.15) is 71.6 Å². The number of rotatable bonds is 19. The van der Waals surface area contributed by atoms with Crippen LogP contribution in [-0.4, -0.2) is 65.7 Å². The highest BCUT2D eigenvalue weighted by atomic mass is 31.2. The zero-order chi connectivity index (χ0) is 22.8. The summed E-state index contributed by atoms with van der Waals surface area (Å²) >= 11 is 0. The van der Waals surface area contributed by atoms with E-state index in [0.717, 1.165) is 32.1 Å². The molecule has 0 fully saturated rings. The molecule has 0 amide bonds. The number of carbonyl (C=O) groups excluding carboxylic acids is 2. The van der Waals surface area contributed by atoms with Gasteiger partial charge < -0.3 is 24.6 Å². The first-order valence-corrected chi connectivity index (χ1v) is 12.0. The quantitative estimate of drug-likeness (QED) is 0.150. The number of aliphatic hydroxyl groups is 2. The Labute approximate surface area is 178 Å². The Bertz CT molecular complexity index is 514. The van der Waals surface area contributed by atoms with E-state index in [1.807, 2.05) is 6.92 Å². The molecule has 0 aliphatic heterocycles. The average Bonchev–Trinajstić information content (AvgIpc) is 2.71. The van der Waals surface area contributed by atoms with Gasteiger partial charge in [-0.3, -0.25) is 18.6 Å². The van der Waals surface area contributed by atoms with E-state index in [-0.39, 0.29) is 19.4 Å². The molecule has 0 rings (SSSR count). The van der Waals surface area contributed by atoms with E-state index < -0.39 is 51.8 Å². The fourth-order valence-corrected chi connectivity index (χ4v) is 3.07. The molecule has 178 valence electrons. The second-order valence-electron chi connectivity index (χ2n) is 6.96. The summed E-state index contributed by atoms with van der Waals surface area (Å²) in [5.74, 6) is -0.979. The average molecular weight is 456 g/mol. The van der Waals surface area contributed by atoms with Gasteiger partial charge in [-0.15, -0.1) is 0 Å². The summed E-state index contributed by atoms with van der Waals surface area (Å²) in [7, 11) is -4.56. The highest BCUT2D eigenvalue weighted by molar-refractivity contribution is 7.47. The van der Waals surface area contributed by atoms with Crippen LogP contribution in [0.5, 0.6) is 0 Å². The third-order valence-corrected chi connectivity index (χ3v) is 4.96. The van der Waals surface area contributed by atoms with Gasteiger partial charge in [0.05, 0.1) is 19.8 Å². The molecule has 3 N–H and O–H groups in total. The first kappa shape index (κ1) is 29.0. The van der Waals surface area contributed by atoms with E-state index in [1.165, 1.54) is 0 Å². The standard InChI is InChI=1S/C19H37O10P/c1-3-5-7-9-11-19(23)29-17(14-26-18(22)10-8-6-4-2)15-28-30(24,25)27-13-16(21)12-20/h16-17,20-21H,3-15H2,1-2H3,(H,24,25). The van der Waals surface area contributed by atoms with Crippen LogP contribution in [0, 0.1) is 0 Å². The Morgan fingerprint density at radius 3 is 2.07 bits per heavy atom. The number of hydrogen-bond acceptors (Lipinski definition) is 9. The number of phosphoric ester groups is 1. The molecule has 0 aliphatic rings. The molecule has 0 radical (unpaired) electrons. The van der Waals surface area contributed by atoms with Gasteiger partial charge in [0, 0.05) is 12.8 Å². The van der Waals surface area contributed by atoms with Crippen LogP contribution in [-0.2, 0) is 32.7 Å². The molecular formula is C19H37O10P. The molecule has 0 spiro atoms. The lowest BCUT2D eigenvalue weighted by Crippen LogP contribution is -2.29. The maximum atomic E-state index is 12.0. The van der Waals surface area contributed by atoms with Crippen LogP contribution in [0.25, 0.3) is 0 Å². The molecule has 11 heteroatoms. The number of unbranched alkanes of at least 4 members (excludes halogenated alkanes) is 5. The minimum Gasteiger partial charge on any atom is -0.462 e. The lowest BCUT2D eigenvalue weighted by atomic mass is 10.1. The van der Waals surface area contributed by atoms with Crippen molar-refractivity contribution in [1.29, 1.82) is 0 Å². The van der Waals surface area contributed by atoms with E-state index in [0.29, 0.717) is 12.8 Å². The molecule has 0 bridgehead atoms. The molecule has 10 nitrogen and oxygen atoms in total. The lowest BCUT2D eigenvalue weighted by molar-refractivity contribution is -0.161. The van der Waals surface area contributed by atoms with Gasteiger partial charge in [-0.1, -0.05) is 46.0 Å². The summed E-state index contributed by atoms with van der Waals surface area (Å²) < 4.78 is 31.5. The highest BCUT2D eigenvalue weighted by Gasteiger charge is 2.27. The fraction of sp³-hybridized carbons (Fsp3) is 0.895. The highest BCUT2D eigenvalue weighted by Crippen LogP contribution is 2.43. The van der Waals surface area contributed by atoms with E-state index in [4.69, 9.17) is 19.1 Å². The Balaban J connectivity index is 4.62. The number of carbonyl (C=O) groups is 2. The molecule has 30 heavy (non-hydrogen) atoms. The molecule has 0 aromatic carbocycles. The van der Waals surface area contributed by atoms with Crippen molar-refractivity contribution in [3.8, 4) is 0 Å². The Hall–Kier alpha value is -1.03. The first-order valence-electron chi connectivity index (χ1n) is 10.5. The number of esters is 2. The van der Waals surface area contributed by atoms with Crippen molar-refractivity contribution < 1.29 is 47.8 Å². The Kier molecular flexibility index (Phi) is 17.0. The van der Waals surface area contributed by atoms with Crippen molar-refractivity contribution >= 4 is 19.8 Å². The van der Waals surface area contributed by atoms with Crippen molar-refractivity contribution in [2.75, 3.05) is 26.4 Å². The van der Waals surface area contributed by atoms with Gasteiger partial charge in [-0.25, -0.2) is 4.57 Å². The predicted molar refractivity (Wildman–Crippen MR) is 109 cm³/mol. The molecule has 0 aromatic rings. The molecule has 0 aromatic heterocycles. The number of aliphatic hydroxyl groups excluding tert-OH is 2. The zero-order valence-corrected chi connectivity index (χ0v) is 18.9. The second-order valence-corrected chi connectivity index (χ2v) is 8.41. The minimum atomic E-state index is -4.56. The molecule has 3 atom stereocenters. The van der Waals surface area contributed by atoms with E-state index in [1.54, 1.807) is 0 Å². The second kappa shape index (κ2) is 17.6. The predicted octanol–water partition coefficient (Wildman–Crippen LogP) is 2.48. The molecule has 0 heterocycles. The smallest absolute Gasteiger partial charge is 0.462 e. The largest absolute Gasteiger partial charge is 0.472 e. The molecule has 0 aliphatic carbocycles. The van der Waals surface area contributed by atoms with E-state index >= 15 is 0 Å². The summed E-state index contributed by atoms with van der Waals surface area (Å²) in [5.41, 5.74) is 0. The molecule has 0 saturated heterocycles. The van der Waals surface area contributed by atoms with Crippen LogP contribution in [0.4, 0.5) is 0 Å². The zero-order valence-electron chi connectivity index (χ0n) is 18.0. The summed E-state index contributed by atoms with van der Waals surface area (Å²) in [6.45, 7) is 1.95. The maximum absolute atomic E-state index is 12.0. The third kappa shape index (κ3) is 16.7. The Morgan fingerprint density at radius 2 is 1.43 bits per heavy atom. The van der Waals surface area contributed by atoms with Gasteiger partial charge in [0.25, 0.3) is 0 Å². The summed E-state index contributed by atoms with van der Waals surface area (Å²) in [6, 6.07) is 0. The normalized spacial score (nSPS) is 15.2. The fourth-order valence-electron chi connectivity index (χ4n) is 2.28. The van der Waals surface area contributed by atoms with Gasteiger partial charge in [0.1, 0.15) is 12.7 Å². The van der Waals surface area contributed by atoms with Crippen LogP contribution < -0.4 is 0 Å². The monoisotopic (exact) mass is 456 g/mol. The van der Waals surface area contributed by atoms with Gasteiger partial charge in [-0.05, 0) is 12.8 Å². The summed E-state index contributed by atoms with van der Waals surface area (Å²) in [4.78, 5) is 33.4. The van der Waals surface area contributed by atoms with E-state index in [2.05, 4.69) is 11.4 Å². The third-order valence-electron chi connectivity index (χ3n) is 4.01. The van der Waals surface area contributed by atoms with E-state index in [9.17, 15) is 24.2 Å².